The second-order valence-corrected chi connectivity index (χ2v) is 5.05. The fourth-order valence-electron chi connectivity index (χ4n) is 1.91. The molecule has 0 unspecified atom stereocenters. The Balaban J connectivity index is 2.18. The van der Waals surface area contributed by atoms with Crippen LogP contribution in [0.4, 0.5) is 0 Å². The average Bonchev–Trinajstić information content (AvgIpc) is 3.08. The summed E-state index contributed by atoms with van der Waals surface area (Å²) in [7, 11) is 0. The number of hydrogen-bond donors (Lipinski definition) is 1. The van der Waals surface area contributed by atoms with E-state index in [1.807, 2.05) is 5.38 Å². The van der Waals surface area contributed by atoms with Crippen molar-refractivity contribution in [2.24, 2.45) is 5.73 Å². The minimum absolute atomic E-state index is 0.356. The Morgan fingerprint density at radius 1 is 1.26 bits per heavy atom. The van der Waals surface area contributed by atoms with Gasteiger partial charge in [0.05, 0.1) is 0 Å². The van der Waals surface area contributed by atoms with Crippen LogP contribution in [-0.4, -0.2) is 20.0 Å². The molecule has 1 aromatic carbocycles. The molecule has 0 saturated heterocycles. The molecule has 5 nitrogen and oxygen atoms in total. The summed E-state index contributed by atoms with van der Waals surface area (Å²) >= 11 is 1.52. The molecule has 3 aromatic rings. The van der Waals surface area contributed by atoms with Crippen molar-refractivity contribution < 1.29 is 0 Å². The molecule has 0 fully saturated rings. The molecule has 2 heterocycles. The molecular weight excluding hydrogens is 258 g/mol. The van der Waals surface area contributed by atoms with Crippen LogP contribution in [0.3, 0.4) is 0 Å². The zero-order valence-corrected chi connectivity index (χ0v) is 11.3. The summed E-state index contributed by atoms with van der Waals surface area (Å²) in [4.78, 5) is 4.28. The van der Waals surface area contributed by atoms with Gasteiger partial charge in [0.2, 0.25) is 5.13 Å². The molecule has 0 aliphatic rings. The first-order chi connectivity index (χ1) is 9.29. The van der Waals surface area contributed by atoms with Gasteiger partial charge in [0.15, 0.2) is 0 Å². The quantitative estimate of drug-likeness (QED) is 0.792. The van der Waals surface area contributed by atoms with Crippen molar-refractivity contribution in [1.82, 2.24) is 20.0 Å². The fraction of sp³-hybridized carbons (Fsp3) is 0.154. The van der Waals surface area contributed by atoms with Crippen molar-refractivity contribution in [2.75, 3.05) is 0 Å². The van der Waals surface area contributed by atoms with Gasteiger partial charge < -0.3 is 5.73 Å². The number of nitrogens with two attached hydrogens (primary N) is 1. The van der Waals surface area contributed by atoms with Crippen LogP contribution in [0.5, 0.6) is 0 Å². The molecule has 6 heteroatoms. The maximum absolute atomic E-state index is 5.75. The van der Waals surface area contributed by atoms with Gasteiger partial charge in [-0.2, -0.15) is 4.68 Å². The third kappa shape index (κ3) is 2.16. The number of nitrogens with zero attached hydrogens (tertiary/aromatic N) is 4. The fourth-order valence-corrected chi connectivity index (χ4v) is 2.50. The highest BCUT2D eigenvalue weighted by Gasteiger charge is 2.16. The van der Waals surface area contributed by atoms with E-state index in [0.29, 0.717) is 6.54 Å². The Bertz CT molecular complexity index is 670. The Kier molecular flexibility index (Phi) is 3.10. The number of aromatic nitrogens is 4. The minimum atomic E-state index is 0.356. The van der Waals surface area contributed by atoms with Crippen LogP contribution in [0.2, 0.25) is 0 Å². The number of benzene rings is 1. The predicted molar refractivity (Wildman–Crippen MR) is 75.1 cm³/mol. The molecule has 96 valence electrons. The van der Waals surface area contributed by atoms with Crippen LogP contribution in [0, 0.1) is 6.92 Å². The van der Waals surface area contributed by atoms with E-state index in [-0.39, 0.29) is 0 Å². The molecule has 0 radical (unpaired) electrons. The van der Waals surface area contributed by atoms with Gasteiger partial charge in [0.1, 0.15) is 11.4 Å². The molecule has 0 saturated carbocycles. The summed E-state index contributed by atoms with van der Waals surface area (Å²) in [6, 6.07) is 8.23. The maximum Gasteiger partial charge on any atom is 0.212 e. The third-order valence-electron chi connectivity index (χ3n) is 2.86. The van der Waals surface area contributed by atoms with Crippen molar-refractivity contribution in [1.29, 1.82) is 0 Å². The Morgan fingerprint density at radius 3 is 2.68 bits per heavy atom. The highest BCUT2D eigenvalue weighted by Crippen LogP contribution is 2.26. The van der Waals surface area contributed by atoms with Gasteiger partial charge in [0.25, 0.3) is 0 Å². The van der Waals surface area contributed by atoms with E-state index in [0.717, 1.165) is 22.1 Å². The van der Waals surface area contributed by atoms with Crippen LogP contribution in [-0.2, 0) is 6.54 Å². The summed E-state index contributed by atoms with van der Waals surface area (Å²) in [6.07, 6.45) is 1.75. The highest BCUT2D eigenvalue weighted by molar-refractivity contribution is 7.12. The Morgan fingerprint density at radius 2 is 2.05 bits per heavy atom. The van der Waals surface area contributed by atoms with E-state index in [4.69, 9.17) is 5.73 Å². The zero-order chi connectivity index (χ0) is 13.2. The molecule has 3 rings (SSSR count). The van der Waals surface area contributed by atoms with Crippen molar-refractivity contribution in [3.63, 3.8) is 0 Å². The van der Waals surface area contributed by atoms with E-state index in [1.54, 1.807) is 10.9 Å². The molecule has 0 amide bonds. The normalized spacial score (nSPS) is 10.8. The molecule has 0 aliphatic heterocycles. The van der Waals surface area contributed by atoms with Crippen LogP contribution >= 0.6 is 11.3 Å². The van der Waals surface area contributed by atoms with E-state index < -0.39 is 0 Å². The van der Waals surface area contributed by atoms with E-state index >= 15 is 0 Å². The second kappa shape index (κ2) is 4.91. The number of rotatable bonds is 3. The lowest BCUT2D eigenvalue weighted by atomic mass is 10.1. The highest BCUT2D eigenvalue weighted by atomic mass is 32.1. The predicted octanol–water partition coefficient (Wildman–Crippen LogP) is 2.16. The summed E-state index contributed by atoms with van der Waals surface area (Å²) < 4.78 is 1.75. The van der Waals surface area contributed by atoms with E-state index in [9.17, 15) is 0 Å². The minimum Gasteiger partial charge on any atom is -0.325 e. The lowest BCUT2D eigenvalue weighted by Crippen LogP contribution is -2.02. The molecule has 0 atom stereocenters. The maximum atomic E-state index is 5.75. The van der Waals surface area contributed by atoms with Gasteiger partial charge in [-0.1, -0.05) is 35.0 Å². The third-order valence-corrected chi connectivity index (χ3v) is 3.61. The Hall–Kier alpha value is -2.05. The summed E-state index contributed by atoms with van der Waals surface area (Å²) in [5, 5.41) is 11.0. The van der Waals surface area contributed by atoms with Crippen molar-refractivity contribution >= 4 is 11.3 Å². The van der Waals surface area contributed by atoms with Crippen molar-refractivity contribution in [3.05, 3.63) is 47.1 Å². The molecule has 19 heavy (non-hydrogen) atoms. The first-order valence-electron chi connectivity index (χ1n) is 5.91. The van der Waals surface area contributed by atoms with Crippen molar-refractivity contribution in [2.45, 2.75) is 13.5 Å². The number of aryl methyl sites for hydroxylation is 1. The number of hydrogen-bond acceptors (Lipinski definition) is 5. The van der Waals surface area contributed by atoms with Crippen LogP contribution < -0.4 is 5.73 Å². The van der Waals surface area contributed by atoms with Gasteiger partial charge >= 0.3 is 0 Å². The number of thiazole rings is 1. The topological polar surface area (TPSA) is 69.6 Å². The van der Waals surface area contributed by atoms with Gasteiger partial charge in [-0.05, 0) is 6.92 Å². The molecule has 0 spiro atoms. The van der Waals surface area contributed by atoms with Gasteiger partial charge in [-0.3, -0.25) is 0 Å². The SMILES string of the molecule is Cc1ccc(-c2c(CN)nnn2-c2nccs2)cc1. The lowest BCUT2D eigenvalue weighted by Gasteiger charge is -2.05. The van der Waals surface area contributed by atoms with E-state index in [1.165, 1.54) is 16.9 Å². The zero-order valence-electron chi connectivity index (χ0n) is 10.4. The molecule has 0 bridgehead atoms. The summed E-state index contributed by atoms with van der Waals surface area (Å²) in [6.45, 7) is 2.42. The summed E-state index contributed by atoms with van der Waals surface area (Å²) in [5.74, 6) is 0. The molecule has 2 N–H and O–H groups in total. The second-order valence-electron chi connectivity index (χ2n) is 4.18. The van der Waals surface area contributed by atoms with Crippen LogP contribution in [0.1, 0.15) is 11.3 Å². The van der Waals surface area contributed by atoms with Gasteiger partial charge in [-0.15, -0.1) is 16.4 Å². The van der Waals surface area contributed by atoms with Crippen LogP contribution in [0.15, 0.2) is 35.8 Å². The molecule has 2 aromatic heterocycles. The van der Waals surface area contributed by atoms with Crippen molar-refractivity contribution in [3.8, 4) is 16.4 Å². The first kappa shape index (κ1) is 12.0. The smallest absolute Gasteiger partial charge is 0.212 e. The first-order valence-corrected chi connectivity index (χ1v) is 6.79. The van der Waals surface area contributed by atoms with Gasteiger partial charge in [-0.25, -0.2) is 4.98 Å². The average molecular weight is 271 g/mol. The standard InChI is InChI=1S/C13H13N5S/c1-9-2-4-10(5-3-9)12-11(8-14)16-17-18(12)13-15-6-7-19-13/h2-7H,8,14H2,1H3. The Labute approximate surface area is 114 Å². The molecular formula is C13H13N5S. The lowest BCUT2D eigenvalue weighted by molar-refractivity contribution is 0.794. The van der Waals surface area contributed by atoms with Gasteiger partial charge in [0, 0.05) is 23.7 Å². The monoisotopic (exact) mass is 271 g/mol. The summed E-state index contributed by atoms with van der Waals surface area (Å²) in [5.41, 5.74) is 9.70. The van der Waals surface area contributed by atoms with Crippen LogP contribution in [0.25, 0.3) is 16.4 Å². The largest absolute Gasteiger partial charge is 0.325 e. The molecule has 0 aliphatic carbocycles. The van der Waals surface area contributed by atoms with E-state index in [2.05, 4.69) is 46.5 Å².